The zero-order chi connectivity index (χ0) is 11.0. The van der Waals surface area contributed by atoms with Crippen molar-refractivity contribution in [3.63, 3.8) is 0 Å². The highest BCUT2D eigenvalue weighted by molar-refractivity contribution is 5.22. The number of hydrogen-bond donors (Lipinski definition) is 0. The highest BCUT2D eigenvalue weighted by Crippen LogP contribution is 2.10. The van der Waals surface area contributed by atoms with Gasteiger partial charge in [0.1, 0.15) is 0 Å². The van der Waals surface area contributed by atoms with Gasteiger partial charge in [0, 0.05) is 0 Å². The molecule has 14 heavy (non-hydrogen) atoms. The molecule has 1 aromatic rings. The van der Waals surface area contributed by atoms with Crippen LogP contribution in [0, 0.1) is 0 Å². The average Bonchev–Trinajstić information content (AvgIpc) is 2.22. The van der Waals surface area contributed by atoms with E-state index in [9.17, 15) is 0 Å². The van der Waals surface area contributed by atoms with E-state index in [0.29, 0.717) is 0 Å². The van der Waals surface area contributed by atoms with Crippen molar-refractivity contribution in [2.24, 2.45) is 0 Å². The van der Waals surface area contributed by atoms with Crippen LogP contribution in [-0.2, 0) is 6.42 Å². The Balaban J connectivity index is 0.000000791. The molecule has 0 radical (unpaired) electrons. The van der Waals surface area contributed by atoms with Crippen LogP contribution >= 0.6 is 0 Å². The van der Waals surface area contributed by atoms with Crippen molar-refractivity contribution < 1.29 is 0 Å². The number of allylic oxidation sites excluding steroid dienone is 2. The Morgan fingerprint density at radius 1 is 0.929 bits per heavy atom. The standard InChI is InChI=1S/C12H16.C2H6/c1-10(2)11(3)9-12-7-5-4-6-8-12;1-2/h4-8H,9H2,1-3H3;1-2H3. The summed E-state index contributed by atoms with van der Waals surface area (Å²) in [4.78, 5) is 0. The second-order valence-electron chi connectivity index (χ2n) is 3.44. The number of benzene rings is 1. The second-order valence-corrected chi connectivity index (χ2v) is 3.44. The van der Waals surface area contributed by atoms with Gasteiger partial charge in [-0.15, -0.1) is 0 Å². The van der Waals surface area contributed by atoms with E-state index in [2.05, 4.69) is 51.1 Å². The summed E-state index contributed by atoms with van der Waals surface area (Å²) in [7, 11) is 0. The van der Waals surface area contributed by atoms with Gasteiger partial charge < -0.3 is 0 Å². The van der Waals surface area contributed by atoms with Crippen LogP contribution in [-0.4, -0.2) is 0 Å². The monoisotopic (exact) mass is 190 g/mol. The molecule has 0 aliphatic carbocycles. The van der Waals surface area contributed by atoms with Gasteiger partial charge in [0.25, 0.3) is 0 Å². The Morgan fingerprint density at radius 2 is 1.43 bits per heavy atom. The van der Waals surface area contributed by atoms with Crippen LogP contribution in [0.4, 0.5) is 0 Å². The zero-order valence-corrected chi connectivity index (χ0v) is 10.1. The zero-order valence-electron chi connectivity index (χ0n) is 10.1. The summed E-state index contributed by atoms with van der Waals surface area (Å²) in [5, 5.41) is 0. The van der Waals surface area contributed by atoms with E-state index in [1.165, 1.54) is 16.7 Å². The summed E-state index contributed by atoms with van der Waals surface area (Å²) in [5.74, 6) is 0. The Hall–Kier alpha value is -1.04. The summed E-state index contributed by atoms with van der Waals surface area (Å²) < 4.78 is 0. The molecule has 0 aromatic heterocycles. The number of rotatable bonds is 2. The third-order valence-corrected chi connectivity index (χ3v) is 2.17. The van der Waals surface area contributed by atoms with Gasteiger partial charge in [-0.25, -0.2) is 0 Å². The summed E-state index contributed by atoms with van der Waals surface area (Å²) in [6.45, 7) is 10.5. The average molecular weight is 190 g/mol. The van der Waals surface area contributed by atoms with Gasteiger partial charge in [-0.3, -0.25) is 0 Å². The lowest BCUT2D eigenvalue weighted by Gasteiger charge is -2.03. The summed E-state index contributed by atoms with van der Waals surface area (Å²) in [6, 6.07) is 10.6. The molecular formula is C14H22. The molecule has 0 heterocycles. The first-order chi connectivity index (χ1) is 6.70. The molecule has 0 aliphatic rings. The topological polar surface area (TPSA) is 0 Å². The van der Waals surface area contributed by atoms with Gasteiger partial charge in [-0.05, 0) is 32.8 Å². The SMILES string of the molecule is CC.CC(C)=C(C)Cc1ccccc1. The quantitative estimate of drug-likeness (QED) is 0.597. The van der Waals surface area contributed by atoms with Crippen molar-refractivity contribution in [2.75, 3.05) is 0 Å². The molecule has 0 atom stereocenters. The van der Waals surface area contributed by atoms with Crippen molar-refractivity contribution in [1.82, 2.24) is 0 Å². The highest BCUT2D eigenvalue weighted by Gasteiger charge is 1.94. The molecule has 0 heteroatoms. The summed E-state index contributed by atoms with van der Waals surface area (Å²) in [6.07, 6.45) is 1.09. The van der Waals surface area contributed by atoms with E-state index in [-0.39, 0.29) is 0 Å². The lowest BCUT2D eigenvalue weighted by Crippen LogP contribution is -1.87. The van der Waals surface area contributed by atoms with Crippen LogP contribution < -0.4 is 0 Å². The number of hydrogen-bond acceptors (Lipinski definition) is 0. The third-order valence-electron chi connectivity index (χ3n) is 2.17. The first kappa shape index (κ1) is 13.0. The third kappa shape index (κ3) is 4.86. The van der Waals surface area contributed by atoms with E-state index in [1.807, 2.05) is 13.8 Å². The van der Waals surface area contributed by atoms with Gasteiger partial charge >= 0.3 is 0 Å². The van der Waals surface area contributed by atoms with E-state index >= 15 is 0 Å². The van der Waals surface area contributed by atoms with E-state index in [4.69, 9.17) is 0 Å². The second kappa shape index (κ2) is 7.37. The first-order valence-electron chi connectivity index (χ1n) is 5.37. The fraction of sp³-hybridized carbons (Fsp3) is 0.429. The highest BCUT2D eigenvalue weighted by atomic mass is 14.0. The molecule has 1 rings (SSSR count). The maximum atomic E-state index is 2.20. The van der Waals surface area contributed by atoms with E-state index in [0.717, 1.165) is 6.42 Å². The minimum absolute atomic E-state index is 1.09. The molecule has 0 spiro atoms. The lowest BCUT2D eigenvalue weighted by atomic mass is 10.0. The predicted octanol–water partition coefficient (Wildman–Crippen LogP) is 4.61. The van der Waals surface area contributed by atoms with Crippen LogP contribution in [0.1, 0.15) is 40.2 Å². The van der Waals surface area contributed by atoms with Crippen LogP contribution in [0.25, 0.3) is 0 Å². The fourth-order valence-electron chi connectivity index (χ4n) is 1.08. The largest absolute Gasteiger partial charge is 0.0772 e. The van der Waals surface area contributed by atoms with E-state index < -0.39 is 0 Å². The Kier molecular flexibility index (Phi) is 6.82. The fourth-order valence-corrected chi connectivity index (χ4v) is 1.08. The molecule has 0 bridgehead atoms. The van der Waals surface area contributed by atoms with Crippen molar-refractivity contribution in [2.45, 2.75) is 41.0 Å². The molecule has 0 unspecified atom stereocenters. The van der Waals surface area contributed by atoms with Gasteiger partial charge in [0.05, 0.1) is 0 Å². The Bertz CT molecular complexity index is 263. The molecule has 0 nitrogen and oxygen atoms in total. The summed E-state index contributed by atoms with van der Waals surface area (Å²) >= 11 is 0. The molecule has 78 valence electrons. The maximum Gasteiger partial charge on any atom is -0.00674 e. The lowest BCUT2D eigenvalue weighted by molar-refractivity contribution is 1.09. The van der Waals surface area contributed by atoms with Crippen molar-refractivity contribution in [3.8, 4) is 0 Å². The Morgan fingerprint density at radius 3 is 1.86 bits per heavy atom. The van der Waals surface area contributed by atoms with Crippen molar-refractivity contribution in [3.05, 3.63) is 47.0 Å². The molecular weight excluding hydrogens is 168 g/mol. The van der Waals surface area contributed by atoms with E-state index in [1.54, 1.807) is 0 Å². The smallest absolute Gasteiger partial charge is 0.00674 e. The maximum absolute atomic E-state index is 2.20. The van der Waals surface area contributed by atoms with Crippen molar-refractivity contribution >= 4 is 0 Å². The predicted molar refractivity (Wildman–Crippen MR) is 65.5 cm³/mol. The van der Waals surface area contributed by atoms with Gasteiger partial charge in [0.2, 0.25) is 0 Å². The molecule has 0 saturated carbocycles. The van der Waals surface area contributed by atoms with Crippen LogP contribution in [0.2, 0.25) is 0 Å². The molecule has 1 aromatic carbocycles. The van der Waals surface area contributed by atoms with Gasteiger partial charge in [-0.2, -0.15) is 0 Å². The van der Waals surface area contributed by atoms with Crippen LogP contribution in [0.15, 0.2) is 41.5 Å². The molecule has 0 aliphatic heterocycles. The minimum Gasteiger partial charge on any atom is -0.0772 e. The van der Waals surface area contributed by atoms with Crippen molar-refractivity contribution in [1.29, 1.82) is 0 Å². The molecule has 0 saturated heterocycles. The molecule has 0 amide bonds. The molecule has 0 N–H and O–H groups in total. The molecule has 0 fully saturated rings. The summed E-state index contributed by atoms with van der Waals surface area (Å²) in [5.41, 5.74) is 4.30. The van der Waals surface area contributed by atoms with Crippen LogP contribution in [0.5, 0.6) is 0 Å². The van der Waals surface area contributed by atoms with Gasteiger partial charge in [-0.1, -0.05) is 55.3 Å². The normalized spacial score (nSPS) is 8.64. The first-order valence-corrected chi connectivity index (χ1v) is 5.37. The van der Waals surface area contributed by atoms with Gasteiger partial charge in [0.15, 0.2) is 0 Å². The Labute approximate surface area is 88.7 Å². The van der Waals surface area contributed by atoms with Crippen LogP contribution in [0.3, 0.4) is 0 Å². The minimum atomic E-state index is 1.09.